The van der Waals surface area contributed by atoms with E-state index in [2.05, 4.69) is 15.6 Å². The monoisotopic (exact) mass is 269 g/mol. The van der Waals surface area contributed by atoms with Crippen LogP contribution in [0.1, 0.15) is 12.5 Å². The molecular weight excluding hydrogens is 254 g/mol. The first-order chi connectivity index (χ1) is 9.70. The topological polar surface area (TPSA) is 71.1 Å². The number of carbonyl (C=O) groups excluding carboxylic acids is 2. The average Bonchev–Trinajstić information content (AvgIpc) is 2.48. The maximum Gasteiger partial charge on any atom is 0.314 e. The van der Waals surface area contributed by atoms with Crippen molar-refractivity contribution in [3.63, 3.8) is 0 Å². The van der Waals surface area contributed by atoms with Crippen molar-refractivity contribution in [2.75, 3.05) is 10.6 Å². The van der Waals surface area contributed by atoms with Gasteiger partial charge in [-0.25, -0.2) is 0 Å². The molecule has 0 aliphatic rings. The second-order valence-electron chi connectivity index (χ2n) is 4.16. The molecular formula is C15H15N3O2. The van der Waals surface area contributed by atoms with Crippen LogP contribution in [0.5, 0.6) is 0 Å². The maximum atomic E-state index is 11.8. The van der Waals surface area contributed by atoms with Gasteiger partial charge in [0.05, 0.1) is 11.9 Å². The van der Waals surface area contributed by atoms with E-state index in [1.165, 1.54) is 6.20 Å². The molecule has 2 rings (SSSR count). The number of hydrogen-bond donors (Lipinski definition) is 2. The second-order valence-corrected chi connectivity index (χ2v) is 4.16. The van der Waals surface area contributed by atoms with E-state index < -0.39 is 11.8 Å². The Hall–Kier alpha value is -2.69. The lowest BCUT2D eigenvalue weighted by molar-refractivity contribution is -0.133. The van der Waals surface area contributed by atoms with Crippen LogP contribution in [-0.4, -0.2) is 16.8 Å². The summed E-state index contributed by atoms with van der Waals surface area (Å²) in [6.45, 7) is 1.99. The molecule has 0 atom stereocenters. The Labute approximate surface area is 117 Å². The number of carbonyl (C=O) groups is 2. The van der Waals surface area contributed by atoms with Gasteiger partial charge in [0.2, 0.25) is 0 Å². The summed E-state index contributed by atoms with van der Waals surface area (Å²) in [4.78, 5) is 27.5. The molecule has 0 aliphatic heterocycles. The van der Waals surface area contributed by atoms with E-state index in [9.17, 15) is 9.59 Å². The second kappa shape index (κ2) is 6.47. The molecule has 0 fully saturated rings. The summed E-state index contributed by atoms with van der Waals surface area (Å²) in [7, 11) is 0. The van der Waals surface area contributed by atoms with Gasteiger partial charge in [0.15, 0.2) is 0 Å². The number of para-hydroxylation sites is 1. The fraction of sp³-hybridized carbons (Fsp3) is 0.133. The van der Waals surface area contributed by atoms with Gasteiger partial charge in [-0.15, -0.1) is 0 Å². The van der Waals surface area contributed by atoms with Crippen LogP contribution in [0.15, 0.2) is 48.8 Å². The summed E-state index contributed by atoms with van der Waals surface area (Å²) in [6.07, 6.45) is 3.85. The van der Waals surface area contributed by atoms with Crippen molar-refractivity contribution in [2.45, 2.75) is 13.3 Å². The molecule has 5 heteroatoms. The summed E-state index contributed by atoms with van der Waals surface area (Å²) in [5, 5.41) is 5.10. The molecule has 0 radical (unpaired) electrons. The van der Waals surface area contributed by atoms with Crippen LogP contribution in [0.4, 0.5) is 11.4 Å². The lowest BCUT2D eigenvalue weighted by Gasteiger charge is -2.09. The molecule has 0 saturated heterocycles. The summed E-state index contributed by atoms with van der Waals surface area (Å²) in [5.74, 6) is -1.42. The Morgan fingerprint density at radius 1 is 1.05 bits per heavy atom. The molecule has 2 amide bonds. The molecule has 1 aromatic heterocycles. The molecule has 1 heterocycles. The smallest absolute Gasteiger partial charge is 0.314 e. The lowest BCUT2D eigenvalue weighted by atomic mass is 10.1. The molecule has 1 aromatic carbocycles. The van der Waals surface area contributed by atoms with Crippen molar-refractivity contribution in [2.24, 2.45) is 0 Å². The molecule has 0 aliphatic carbocycles. The van der Waals surface area contributed by atoms with Gasteiger partial charge in [-0.1, -0.05) is 25.1 Å². The largest absolute Gasteiger partial charge is 0.318 e. The van der Waals surface area contributed by atoms with E-state index in [1.807, 2.05) is 25.1 Å². The molecule has 2 aromatic rings. The minimum atomic E-state index is -0.719. The van der Waals surface area contributed by atoms with E-state index in [4.69, 9.17) is 0 Å². The standard InChI is InChI=1S/C15H15N3O2/c1-2-11-6-3-4-8-13(11)18-15(20)14(19)17-12-7-5-9-16-10-12/h3-10H,2H2,1H3,(H,17,19)(H,18,20). The molecule has 0 unspecified atom stereocenters. The molecule has 102 valence electrons. The highest BCUT2D eigenvalue weighted by Gasteiger charge is 2.15. The Morgan fingerprint density at radius 3 is 2.50 bits per heavy atom. The zero-order chi connectivity index (χ0) is 14.4. The molecule has 0 spiro atoms. The number of aryl methyl sites for hydroxylation is 1. The highest BCUT2D eigenvalue weighted by atomic mass is 16.2. The van der Waals surface area contributed by atoms with Gasteiger partial charge < -0.3 is 10.6 Å². The number of aromatic nitrogens is 1. The third kappa shape index (κ3) is 3.41. The number of amides is 2. The van der Waals surface area contributed by atoms with Gasteiger partial charge >= 0.3 is 11.8 Å². The summed E-state index contributed by atoms with van der Waals surface area (Å²) < 4.78 is 0. The van der Waals surface area contributed by atoms with Crippen LogP contribution in [-0.2, 0) is 16.0 Å². The number of pyridine rings is 1. The van der Waals surface area contributed by atoms with Gasteiger partial charge in [0.1, 0.15) is 0 Å². The highest BCUT2D eigenvalue weighted by Crippen LogP contribution is 2.15. The number of nitrogens with zero attached hydrogens (tertiary/aromatic N) is 1. The van der Waals surface area contributed by atoms with E-state index in [0.29, 0.717) is 11.4 Å². The fourth-order valence-corrected chi connectivity index (χ4v) is 1.75. The number of anilines is 2. The molecule has 0 bridgehead atoms. The average molecular weight is 269 g/mol. The summed E-state index contributed by atoms with van der Waals surface area (Å²) in [5.41, 5.74) is 2.12. The van der Waals surface area contributed by atoms with Crippen molar-refractivity contribution in [3.8, 4) is 0 Å². The number of benzene rings is 1. The normalized spacial score (nSPS) is 9.85. The van der Waals surface area contributed by atoms with Gasteiger partial charge in [-0.2, -0.15) is 0 Å². The van der Waals surface area contributed by atoms with Crippen LogP contribution in [0.2, 0.25) is 0 Å². The van der Waals surface area contributed by atoms with Gasteiger partial charge in [-0.3, -0.25) is 14.6 Å². The van der Waals surface area contributed by atoms with Crippen LogP contribution in [0, 0.1) is 0 Å². The van der Waals surface area contributed by atoms with Gasteiger partial charge in [0.25, 0.3) is 0 Å². The zero-order valence-corrected chi connectivity index (χ0v) is 11.1. The van der Waals surface area contributed by atoms with Crippen LogP contribution in [0.3, 0.4) is 0 Å². The van der Waals surface area contributed by atoms with Crippen molar-refractivity contribution >= 4 is 23.2 Å². The predicted molar refractivity (Wildman–Crippen MR) is 77.3 cm³/mol. The Kier molecular flexibility index (Phi) is 4.44. The summed E-state index contributed by atoms with van der Waals surface area (Å²) in [6, 6.07) is 10.7. The quantitative estimate of drug-likeness (QED) is 0.839. The minimum Gasteiger partial charge on any atom is -0.318 e. The number of rotatable bonds is 3. The predicted octanol–water partition coefficient (Wildman–Crippen LogP) is 2.22. The van der Waals surface area contributed by atoms with Crippen molar-refractivity contribution in [3.05, 3.63) is 54.4 Å². The first kappa shape index (κ1) is 13.7. The molecule has 0 saturated carbocycles. The van der Waals surface area contributed by atoms with Crippen molar-refractivity contribution < 1.29 is 9.59 Å². The van der Waals surface area contributed by atoms with Crippen molar-refractivity contribution in [1.29, 1.82) is 0 Å². The third-order valence-electron chi connectivity index (χ3n) is 2.77. The lowest BCUT2D eigenvalue weighted by Crippen LogP contribution is -2.29. The Balaban J connectivity index is 2.03. The zero-order valence-electron chi connectivity index (χ0n) is 11.1. The molecule has 20 heavy (non-hydrogen) atoms. The van der Waals surface area contributed by atoms with E-state index >= 15 is 0 Å². The first-order valence-electron chi connectivity index (χ1n) is 6.31. The molecule has 5 nitrogen and oxygen atoms in total. The Morgan fingerprint density at radius 2 is 1.80 bits per heavy atom. The van der Waals surface area contributed by atoms with Crippen LogP contribution < -0.4 is 10.6 Å². The summed E-state index contributed by atoms with van der Waals surface area (Å²) >= 11 is 0. The SMILES string of the molecule is CCc1ccccc1NC(=O)C(=O)Nc1cccnc1. The van der Waals surface area contributed by atoms with E-state index in [0.717, 1.165) is 12.0 Å². The highest BCUT2D eigenvalue weighted by molar-refractivity contribution is 6.43. The van der Waals surface area contributed by atoms with Crippen LogP contribution >= 0.6 is 0 Å². The first-order valence-corrected chi connectivity index (χ1v) is 6.31. The maximum absolute atomic E-state index is 11.8. The Bertz CT molecular complexity index is 612. The fourth-order valence-electron chi connectivity index (χ4n) is 1.75. The van der Waals surface area contributed by atoms with Crippen LogP contribution in [0.25, 0.3) is 0 Å². The molecule has 2 N–H and O–H groups in total. The van der Waals surface area contributed by atoms with Gasteiger partial charge in [0, 0.05) is 11.9 Å². The third-order valence-corrected chi connectivity index (χ3v) is 2.77. The minimum absolute atomic E-state index is 0.483. The number of hydrogen-bond acceptors (Lipinski definition) is 3. The van der Waals surface area contributed by atoms with Crippen molar-refractivity contribution in [1.82, 2.24) is 4.98 Å². The number of nitrogens with one attached hydrogen (secondary N) is 2. The van der Waals surface area contributed by atoms with Gasteiger partial charge in [-0.05, 0) is 30.2 Å². The van der Waals surface area contributed by atoms with E-state index in [1.54, 1.807) is 24.4 Å². The van der Waals surface area contributed by atoms with E-state index in [-0.39, 0.29) is 0 Å².